The number of carbonyl (C=O) groups is 1. The highest BCUT2D eigenvalue weighted by atomic mass is 32.1. The first-order chi connectivity index (χ1) is 9.63. The van der Waals surface area contributed by atoms with E-state index in [1.54, 1.807) is 0 Å². The number of thiol groups is 1. The minimum Gasteiger partial charge on any atom is -0.355 e. The molecule has 0 spiro atoms. The molecule has 1 aromatic carbocycles. The topological polar surface area (TPSA) is 53.2 Å². The second-order valence-corrected chi connectivity index (χ2v) is 4.83. The number of terminal acetylenes is 1. The molecule has 0 saturated carbocycles. The van der Waals surface area contributed by atoms with Gasteiger partial charge in [-0.1, -0.05) is 12.8 Å². The van der Waals surface area contributed by atoms with Crippen LogP contribution in [0.5, 0.6) is 0 Å². The lowest BCUT2D eigenvalue weighted by atomic mass is 10.1. The predicted molar refractivity (Wildman–Crippen MR) is 85.5 cm³/mol. The summed E-state index contributed by atoms with van der Waals surface area (Å²) in [5.74, 6) is 6.93. The molecule has 20 heavy (non-hydrogen) atoms. The van der Waals surface area contributed by atoms with Crippen LogP contribution in [0.1, 0.15) is 13.3 Å². The van der Waals surface area contributed by atoms with Crippen molar-refractivity contribution >= 4 is 35.6 Å². The summed E-state index contributed by atoms with van der Waals surface area (Å²) in [5, 5.41) is 9.11. The number of anilines is 3. The third-order valence-corrected chi connectivity index (χ3v) is 3.17. The number of benzene rings is 1. The maximum Gasteiger partial charge on any atom is 0.239 e. The predicted octanol–water partition coefficient (Wildman–Crippen LogP) is 2.34. The highest BCUT2D eigenvalue weighted by Crippen LogP contribution is 2.32. The summed E-state index contributed by atoms with van der Waals surface area (Å²) in [6.45, 7) is 1.90. The first kappa shape index (κ1) is 14.2. The zero-order valence-electron chi connectivity index (χ0n) is 11.0. The summed E-state index contributed by atoms with van der Waals surface area (Å²) in [6, 6.07) is 5.58. The van der Waals surface area contributed by atoms with E-state index in [0.717, 1.165) is 11.4 Å². The van der Waals surface area contributed by atoms with Crippen LogP contribution in [0.2, 0.25) is 0 Å². The second-order valence-electron chi connectivity index (χ2n) is 4.32. The Morgan fingerprint density at radius 2 is 2.25 bits per heavy atom. The normalized spacial score (nSPS) is 16.6. The lowest BCUT2D eigenvalue weighted by Crippen LogP contribution is -2.21. The fraction of sp³-hybridized carbons (Fsp3) is 0.267. The van der Waals surface area contributed by atoms with E-state index in [4.69, 9.17) is 6.42 Å². The van der Waals surface area contributed by atoms with E-state index >= 15 is 0 Å². The SMILES string of the molecule is C#CC#CC(CC)C(=O)Nc1ccc2c(c1)NC(S)N2. The van der Waals surface area contributed by atoms with Gasteiger partial charge in [-0.15, -0.1) is 19.1 Å². The summed E-state index contributed by atoms with van der Waals surface area (Å²) in [4.78, 5) is 12.1. The third kappa shape index (κ3) is 3.20. The van der Waals surface area contributed by atoms with Gasteiger partial charge in [0.25, 0.3) is 0 Å². The van der Waals surface area contributed by atoms with Crippen molar-refractivity contribution in [1.82, 2.24) is 0 Å². The van der Waals surface area contributed by atoms with Gasteiger partial charge in [-0.25, -0.2) is 0 Å². The lowest BCUT2D eigenvalue weighted by Gasteiger charge is -2.10. The maximum atomic E-state index is 12.1. The summed E-state index contributed by atoms with van der Waals surface area (Å²) in [5.41, 5.74) is 2.47. The van der Waals surface area contributed by atoms with Gasteiger partial charge >= 0.3 is 0 Å². The lowest BCUT2D eigenvalue weighted by molar-refractivity contribution is -0.118. The molecule has 2 unspecified atom stereocenters. The van der Waals surface area contributed by atoms with E-state index in [9.17, 15) is 4.79 Å². The number of amides is 1. The summed E-state index contributed by atoms with van der Waals surface area (Å²) in [7, 11) is 0. The molecule has 4 nitrogen and oxygen atoms in total. The standard InChI is InChI=1S/C15H15N3OS/c1-3-5-6-10(4-2)14(19)16-11-7-8-12-13(9-11)18-15(20)17-12/h1,7-10,15,17-18,20H,4H2,2H3,(H,16,19). The number of nitrogens with one attached hydrogen (secondary N) is 3. The van der Waals surface area contributed by atoms with Crippen molar-refractivity contribution in [1.29, 1.82) is 0 Å². The Morgan fingerprint density at radius 3 is 2.95 bits per heavy atom. The Hall–Kier alpha value is -2.24. The van der Waals surface area contributed by atoms with Crippen LogP contribution in [0.4, 0.5) is 17.1 Å². The van der Waals surface area contributed by atoms with Crippen molar-refractivity contribution in [2.45, 2.75) is 18.8 Å². The fourth-order valence-electron chi connectivity index (χ4n) is 1.91. The van der Waals surface area contributed by atoms with E-state index in [-0.39, 0.29) is 11.4 Å². The van der Waals surface area contributed by atoms with Crippen molar-refractivity contribution in [2.75, 3.05) is 16.0 Å². The first-order valence-electron chi connectivity index (χ1n) is 6.26. The van der Waals surface area contributed by atoms with Crippen molar-refractivity contribution in [3.05, 3.63) is 18.2 Å². The number of fused-ring (bicyclic) bond motifs is 1. The highest BCUT2D eigenvalue weighted by Gasteiger charge is 2.18. The molecule has 2 atom stereocenters. The molecule has 0 fully saturated rings. The van der Waals surface area contributed by atoms with Crippen LogP contribution in [0.25, 0.3) is 0 Å². The molecule has 3 N–H and O–H groups in total. The molecular formula is C15H15N3OS. The Morgan fingerprint density at radius 1 is 1.50 bits per heavy atom. The minimum atomic E-state index is -0.400. The van der Waals surface area contributed by atoms with E-state index in [0.29, 0.717) is 12.1 Å². The smallest absolute Gasteiger partial charge is 0.239 e. The molecule has 0 saturated heterocycles. The van der Waals surface area contributed by atoms with Gasteiger partial charge in [-0.05, 0) is 36.5 Å². The first-order valence-corrected chi connectivity index (χ1v) is 6.78. The molecule has 1 aliphatic heterocycles. The Bertz CT molecular complexity index is 624. The maximum absolute atomic E-state index is 12.1. The van der Waals surface area contributed by atoms with Gasteiger partial charge in [0.2, 0.25) is 5.91 Å². The molecule has 0 radical (unpaired) electrons. The molecule has 1 heterocycles. The molecule has 0 bridgehead atoms. The molecule has 2 rings (SSSR count). The van der Waals surface area contributed by atoms with Crippen LogP contribution in [-0.2, 0) is 4.79 Å². The van der Waals surface area contributed by atoms with Crippen molar-refractivity contribution < 1.29 is 4.79 Å². The van der Waals surface area contributed by atoms with Gasteiger partial charge in [0.05, 0.1) is 11.4 Å². The quantitative estimate of drug-likeness (QED) is 0.509. The van der Waals surface area contributed by atoms with Crippen LogP contribution < -0.4 is 16.0 Å². The number of hydrogen-bond donors (Lipinski definition) is 4. The van der Waals surface area contributed by atoms with Crippen LogP contribution >= 0.6 is 12.6 Å². The van der Waals surface area contributed by atoms with Gasteiger partial charge in [0.15, 0.2) is 0 Å². The van der Waals surface area contributed by atoms with E-state index in [1.165, 1.54) is 0 Å². The van der Waals surface area contributed by atoms with E-state index < -0.39 is 5.92 Å². The summed E-state index contributed by atoms with van der Waals surface area (Å²) in [6.07, 6.45) is 5.70. The number of hydrogen-bond acceptors (Lipinski definition) is 4. The van der Waals surface area contributed by atoms with Gasteiger partial charge in [0.1, 0.15) is 11.4 Å². The molecule has 1 aromatic rings. The highest BCUT2D eigenvalue weighted by molar-refractivity contribution is 7.81. The molecule has 5 heteroatoms. The molecule has 1 amide bonds. The molecule has 0 aromatic heterocycles. The van der Waals surface area contributed by atoms with Crippen molar-refractivity contribution in [3.63, 3.8) is 0 Å². The Kier molecular flexibility index (Phi) is 4.45. The van der Waals surface area contributed by atoms with Crippen LogP contribution in [-0.4, -0.2) is 11.4 Å². The Balaban J connectivity index is 2.09. The van der Waals surface area contributed by atoms with E-state index in [1.807, 2.05) is 25.1 Å². The average molecular weight is 285 g/mol. The average Bonchev–Trinajstić information content (AvgIpc) is 2.79. The third-order valence-electron chi connectivity index (χ3n) is 2.91. The largest absolute Gasteiger partial charge is 0.355 e. The summed E-state index contributed by atoms with van der Waals surface area (Å²) < 4.78 is 0. The van der Waals surface area contributed by atoms with Crippen molar-refractivity contribution in [2.24, 2.45) is 5.92 Å². The molecule has 0 aliphatic carbocycles. The number of carbonyl (C=O) groups excluding carboxylic acids is 1. The van der Waals surface area contributed by atoms with Gasteiger partial charge in [-0.2, -0.15) is 0 Å². The monoisotopic (exact) mass is 285 g/mol. The number of rotatable bonds is 3. The molecular weight excluding hydrogens is 270 g/mol. The molecule has 102 valence electrons. The van der Waals surface area contributed by atoms with Crippen LogP contribution in [0, 0.1) is 30.1 Å². The fourth-order valence-corrected chi connectivity index (χ4v) is 2.19. The van der Waals surface area contributed by atoms with Crippen molar-refractivity contribution in [3.8, 4) is 24.2 Å². The van der Waals surface area contributed by atoms with Gasteiger partial charge in [-0.3, -0.25) is 4.79 Å². The zero-order valence-corrected chi connectivity index (χ0v) is 11.9. The van der Waals surface area contributed by atoms with Crippen LogP contribution in [0.3, 0.4) is 0 Å². The zero-order chi connectivity index (χ0) is 14.5. The van der Waals surface area contributed by atoms with Gasteiger partial charge < -0.3 is 16.0 Å². The van der Waals surface area contributed by atoms with E-state index in [2.05, 4.69) is 46.3 Å². The van der Waals surface area contributed by atoms with Crippen LogP contribution in [0.15, 0.2) is 18.2 Å². The van der Waals surface area contributed by atoms with Gasteiger partial charge in [0, 0.05) is 5.69 Å². The summed E-state index contributed by atoms with van der Waals surface area (Å²) >= 11 is 4.28. The second kappa shape index (κ2) is 6.27. The Labute approximate surface area is 124 Å². The minimum absolute atomic E-state index is 0.110. The molecule has 1 aliphatic rings.